The molecular weight excluding hydrogens is 406 g/mol. The lowest BCUT2D eigenvalue weighted by Crippen LogP contribution is -2.42. The Balaban J connectivity index is 1.94. The minimum atomic E-state index is -0.555. The summed E-state index contributed by atoms with van der Waals surface area (Å²) in [6.07, 6.45) is 2.66. The molecule has 0 atom stereocenters. The van der Waals surface area contributed by atoms with Gasteiger partial charge in [-0.05, 0) is 39.0 Å². The van der Waals surface area contributed by atoms with Gasteiger partial charge in [0.25, 0.3) is 11.8 Å². The molecule has 10 heteroatoms. The third-order valence-corrected chi connectivity index (χ3v) is 3.91. The Morgan fingerprint density at radius 3 is 2.06 bits per heavy atom. The van der Waals surface area contributed by atoms with Crippen molar-refractivity contribution in [3.63, 3.8) is 0 Å². The SMILES string of the molecule is CCOc1cc(C(=O)NNC(=O)CCNC(=O)c2ccoc2)cc(OCC)c1OCC. The van der Waals surface area contributed by atoms with Crippen LogP contribution in [0.4, 0.5) is 0 Å². The van der Waals surface area contributed by atoms with E-state index in [9.17, 15) is 14.4 Å². The molecule has 0 aliphatic rings. The summed E-state index contributed by atoms with van der Waals surface area (Å²) in [5.74, 6) is -0.225. The van der Waals surface area contributed by atoms with Crippen LogP contribution in [0.2, 0.25) is 0 Å². The van der Waals surface area contributed by atoms with Gasteiger partial charge in [-0.25, -0.2) is 0 Å². The van der Waals surface area contributed by atoms with Crippen molar-refractivity contribution in [2.45, 2.75) is 27.2 Å². The minimum Gasteiger partial charge on any atom is -0.490 e. The van der Waals surface area contributed by atoms with E-state index in [1.54, 1.807) is 0 Å². The van der Waals surface area contributed by atoms with Gasteiger partial charge in [0.05, 0.1) is 31.6 Å². The van der Waals surface area contributed by atoms with Crippen LogP contribution in [0.3, 0.4) is 0 Å². The number of furan rings is 1. The van der Waals surface area contributed by atoms with Crippen LogP contribution < -0.4 is 30.4 Å². The quantitative estimate of drug-likeness (QED) is 0.463. The highest BCUT2D eigenvalue weighted by molar-refractivity contribution is 5.97. The molecule has 0 aliphatic carbocycles. The predicted molar refractivity (Wildman–Crippen MR) is 111 cm³/mol. The monoisotopic (exact) mass is 433 g/mol. The summed E-state index contributed by atoms with van der Waals surface area (Å²) in [5, 5.41) is 2.58. The van der Waals surface area contributed by atoms with Crippen molar-refractivity contribution in [1.29, 1.82) is 0 Å². The van der Waals surface area contributed by atoms with E-state index >= 15 is 0 Å². The first-order chi connectivity index (χ1) is 15.0. The molecule has 2 rings (SSSR count). The van der Waals surface area contributed by atoms with E-state index < -0.39 is 11.8 Å². The highest BCUT2D eigenvalue weighted by Gasteiger charge is 2.18. The molecule has 1 heterocycles. The molecule has 10 nitrogen and oxygen atoms in total. The van der Waals surface area contributed by atoms with Crippen molar-refractivity contribution in [2.24, 2.45) is 0 Å². The van der Waals surface area contributed by atoms with E-state index in [-0.39, 0.29) is 24.4 Å². The highest BCUT2D eigenvalue weighted by atomic mass is 16.5. The van der Waals surface area contributed by atoms with Crippen molar-refractivity contribution in [2.75, 3.05) is 26.4 Å². The first kappa shape index (κ1) is 23.6. The van der Waals surface area contributed by atoms with E-state index in [4.69, 9.17) is 18.6 Å². The summed E-state index contributed by atoms with van der Waals surface area (Å²) in [6.45, 7) is 6.70. The number of carbonyl (C=O) groups is 3. The molecule has 1 aromatic heterocycles. The van der Waals surface area contributed by atoms with Crippen LogP contribution in [-0.4, -0.2) is 44.1 Å². The Hall–Kier alpha value is -3.69. The van der Waals surface area contributed by atoms with E-state index in [0.717, 1.165) is 0 Å². The van der Waals surface area contributed by atoms with Gasteiger partial charge in [0.15, 0.2) is 11.5 Å². The largest absolute Gasteiger partial charge is 0.490 e. The van der Waals surface area contributed by atoms with Crippen LogP contribution in [0.5, 0.6) is 17.2 Å². The molecule has 0 saturated heterocycles. The third-order valence-electron chi connectivity index (χ3n) is 3.91. The fourth-order valence-electron chi connectivity index (χ4n) is 2.57. The van der Waals surface area contributed by atoms with Gasteiger partial charge >= 0.3 is 0 Å². The number of carbonyl (C=O) groups excluding carboxylic acids is 3. The maximum atomic E-state index is 12.5. The number of rotatable bonds is 11. The topological polar surface area (TPSA) is 128 Å². The maximum Gasteiger partial charge on any atom is 0.269 e. The molecule has 1 aromatic carbocycles. The summed E-state index contributed by atoms with van der Waals surface area (Å²) in [7, 11) is 0. The molecule has 3 N–H and O–H groups in total. The number of nitrogens with one attached hydrogen (secondary N) is 3. The molecule has 0 fully saturated rings. The zero-order valence-corrected chi connectivity index (χ0v) is 17.8. The number of benzene rings is 1. The normalized spacial score (nSPS) is 10.2. The lowest BCUT2D eigenvalue weighted by molar-refractivity contribution is -0.121. The van der Waals surface area contributed by atoms with Gasteiger partial charge in [-0.1, -0.05) is 0 Å². The van der Waals surface area contributed by atoms with Crippen molar-refractivity contribution in [3.05, 3.63) is 41.9 Å². The summed E-state index contributed by atoms with van der Waals surface area (Å²) in [6, 6.07) is 4.55. The Labute approximate surface area is 180 Å². The minimum absolute atomic E-state index is 0.0262. The zero-order valence-electron chi connectivity index (χ0n) is 17.8. The van der Waals surface area contributed by atoms with Gasteiger partial charge in [-0.15, -0.1) is 0 Å². The van der Waals surface area contributed by atoms with Crippen LogP contribution in [0.25, 0.3) is 0 Å². The lowest BCUT2D eigenvalue weighted by atomic mass is 10.1. The molecular formula is C21H27N3O7. The van der Waals surface area contributed by atoms with Gasteiger partial charge < -0.3 is 23.9 Å². The number of hydrogen-bond acceptors (Lipinski definition) is 7. The Morgan fingerprint density at radius 2 is 1.52 bits per heavy atom. The Bertz CT molecular complexity index is 854. The van der Waals surface area contributed by atoms with Crippen molar-refractivity contribution >= 4 is 17.7 Å². The second-order valence-corrected chi connectivity index (χ2v) is 6.12. The second-order valence-electron chi connectivity index (χ2n) is 6.12. The Morgan fingerprint density at radius 1 is 0.871 bits per heavy atom. The summed E-state index contributed by atoms with van der Waals surface area (Å²) >= 11 is 0. The van der Waals surface area contributed by atoms with Gasteiger partial charge in [0.1, 0.15) is 6.26 Å². The van der Waals surface area contributed by atoms with Crippen molar-refractivity contribution < 1.29 is 33.0 Å². The molecule has 0 spiro atoms. The average Bonchev–Trinajstić information content (AvgIpc) is 3.29. The predicted octanol–water partition coefficient (Wildman–Crippen LogP) is 2.06. The average molecular weight is 433 g/mol. The summed E-state index contributed by atoms with van der Waals surface area (Å²) in [4.78, 5) is 36.2. The van der Waals surface area contributed by atoms with Crippen LogP contribution in [0.15, 0.2) is 35.1 Å². The van der Waals surface area contributed by atoms with Crippen LogP contribution in [-0.2, 0) is 4.79 Å². The highest BCUT2D eigenvalue weighted by Crippen LogP contribution is 2.39. The Kier molecular flexibility index (Phi) is 9.21. The number of ether oxygens (including phenoxy) is 3. The first-order valence-electron chi connectivity index (χ1n) is 9.96. The summed E-state index contributed by atoms with van der Waals surface area (Å²) in [5.41, 5.74) is 5.23. The fourth-order valence-corrected chi connectivity index (χ4v) is 2.57. The van der Waals surface area contributed by atoms with Gasteiger partial charge in [0.2, 0.25) is 11.7 Å². The number of hydrogen-bond donors (Lipinski definition) is 3. The molecule has 0 radical (unpaired) electrons. The van der Waals surface area contributed by atoms with E-state index in [2.05, 4.69) is 16.2 Å². The second kappa shape index (κ2) is 12.1. The van der Waals surface area contributed by atoms with E-state index in [1.807, 2.05) is 20.8 Å². The van der Waals surface area contributed by atoms with E-state index in [0.29, 0.717) is 42.6 Å². The molecule has 3 amide bonds. The maximum absolute atomic E-state index is 12.5. The van der Waals surface area contributed by atoms with Crippen LogP contribution >= 0.6 is 0 Å². The first-order valence-corrected chi connectivity index (χ1v) is 9.96. The molecule has 0 bridgehead atoms. The number of hydrazine groups is 1. The van der Waals surface area contributed by atoms with Gasteiger partial charge in [-0.2, -0.15) is 0 Å². The van der Waals surface area contributed by atoms with Crippen molar-refractivity contribution in [1.82, 2.24) is 16.2 Å². The van der Waals surface area contributed by atoms with Gasteiger partial charge in [-0.3, -0.25) is 25.2 Å². The number of amides is 3. The molecule has 0 saturated carbocycles. The molecule has 0 aliphatic heterocycles. The fraction of sp³-hybridized carbons (Fsp3) is 0.381. The van der Waals surface area contributed by atoms with Crippen LogP contribution in [0, 0.1) is 0 Å². The molecule has 2 aromatic rings. The van der Waals surface area contributed by atoms with E-state index in [1.165, 1.54) is 30.7 Å². The standard InChI is InChI=1S/C21H27N3O7/c1-4-29-16-11-15(12-17(30-5-2)19(16)31-6-3)21(27)24-23-18(25)7-9-22-20(26)14-8-10-28-13-14/h8,10-13H,4-7,9H2,1-3H3,(H,22,26)(H,23,25)(H,24,27). The smallest absolute Gasteiger partial charge is 0.269 e. The van der Waals surface area contributed by atoms with Gasteiger partial charge in [0, 0.05) is 18.5 Å². The lowest BCUT2D eigenvalue weighted by Gasteiger charge is -2.17. The molecule has 0 unspecified atom stereocenters. The van der Waals surface area contributed by atoms with Crippen LogP contribution in [0.1, 0.15) is 47.9 Å². The molecule has 168 valence electrons. The summed E-state index contributed by atoms with van der Waals surface area (Å²) < 4.78 is 21.6. The van der Waals surface area contributed by atoms with Crippen molar-refractivity contribution in [3.8, 4) is 17.2 Å². The zero-order chi connectivity index (χ0) is 22.6. The third kappa shape index (κ3) is 6.95. The molecule has 31 heavy (non-hydrogen) atoms.